The number of urea groups is 1. The molecule has 0 spiro atoms. The number of piperidine rings is 1. The summed E-state index contributed by atoms with van der Waals surface area (Å²) in [5.41, 5.74) is 1.96. The molecule has 2 fully saturated rings. The second kappa shape index (κ2) is 5.98. The molecule has 3 amide bonds. The maximum Gasteiger partial charge on any atom is 0.317 e. The van der Waals surface area contributed by atoms with Crippen LogP contribution in [0, 0.1) is 0 Å². The van der Waals surface area contributed by atoms with Crippen LogP contribution in [0.3, 0.4) is 0 Å². The Labute approximate surface area is 145 Å². The number of nitrogens with one attached hydrogen (secondary N) is 2. The van der Waals surface area contributed by atoms with Gasteiger partial charge >= 0.3 is 6.03 Å². The molecule has 132 valence electrons. The first-order valence-electron chi connectivity index (χ1n) is 8.52. The minimum atomic E-state index is -0.0481. The monoisotopic (exact) mass is 342 g/mol. The first-order valence-corrected chi connectivity index (χ1v) is 8.52. The molecule has 0 aliphatic carbocycles. The smallest absolute Gasteiger partial charge is 0.317 e. The third-order valence-electron chi connectivity index (χ3n) is 5.37. The molecule has 7 nitrogen and oxygen atoms in total. The zero-order valence-electron chi connectivity index (χ0n) is 14.4. The second-order valence-electron chi connectivity index (χ2n) is 6.76. The lowest BCUT2D eigenvalue weighted by Gasteiger charge is -2.35. The van der Waals surface area contributed by atoms with Crippen LogP contribution in [0.2, 0.25) is 0 Å². The second-order valence-corrected chi connectivity index (χ2v) is 6.76. The van der Waals surface area contributed by atoms with Gasteiger partial charge < -0.3 is 24.8 Å². The molecule has 2 aliphatic heterocycles. The Morgan fingerprint density at radius 1 is 1.40 bits per heavy atom. The van der Waals surface area contributed by atoms with Gasteiger partial charge in [0.05, 0.1) is 25.6 Å². The highest BCUT2D eigenvalue weighted by molar-refractivity contribution is 5.90. The van der Waals surface area contributed by atoms with E-state index in [9.17, 15) is 9.59 Å². The average molecular weight is 342 g/mol. The average Bonchev–Trinajstić information content (AvgIpc) is 3.15. The normalized spacial score (nSPS) is 22.9. The van der Waals surface area contributed by atoms with Crippen molar-refractivity contribution in [2.75, 3.05) is 27.2 Å². The predicted octanol–water partition coefficient (Wildman–Crippen LogP) is 1.34. The summed E-state index contributed by atoms with van der Waals surface area (Å²) in [4.78, 5) is 31.4. The Hall–Kier alpha value is -2.70. The number of carbonyl (C=O) groups excluding carboxylic acids is 2. The van der Waals surface area contributed by atoms with Gasteiger partial charge in [-0.2, -0.15) is 0 Å². The van der Waals surface area contributed by atoms with Crippen molar-refractivity contribution in [3.8, 4) is 5.75 Å². The molecule has 2 aromatic rings. The van der Waals surface area contributed by atoms with E-state index in [-0.39, 0.29) is 24.0 Å². The summed E-state index contributed by atoms with van der Waals surface area (Å²) in [5, 5.41) is 3.98. The maximum atomic E-state index is 12.8. The molecule has 0 saturated carbocycles. The van der Waals surface area contributed by atoms with E-state index < -0.39 is 0 Å². The van der Waals surface area contributed by atoms with E-state index in [0.717, 1.165) is 28.6 Å². The molecule has 2 N–H and O–H groups in total. The van der Waals surface area contributed by atoms with E-state index in [2.05, 4.69) is 10.3 Å². The summed E-state index contributed by atoms with van der Waals surface area (Å²) < 4.78 is 5.28. The number of amides is 3. The highest BCUT2D eigenvalue weighted by atomic mass is 16.5. The maximum absolute atomic E-state index is 12.8. The molecular formula is C18H22N4O3. The van der Waals surface area contributed by atoms with Crippen molar-refractivity contribution in [1.82, 2.24) is 20.1 Å². The van der Waals surface area contributed by atoms with Crippen molar-refractivity contribution in [2.45, 2.75) is 24.9 Å². The van der Waals surface area contributed by atoms with Gasteiger partial charge in [-0.3, -0.25) is 4.79 Å². The number of benzene rings is 1. The van der Waals surface area contributed by atoms with Crippen molar-refractivity contribution in [3.63, 3.8) is 0 Å². The number of H-pyrrole nitrogens is 1. The number of ether oxygens (including phenoxy) is 1. The highest BCUT2D eigenvalue weighted by Gasteiger charge is 2.41. The van der Waals surface area contributed by atoms with Crippen molar-refractivity contribution in [1.29, 1.82) is 0 Å². The summed E-state index contributed by atoms with van der Waals surface area (Å²) in [5.74, 6) is 0.865. The number of rotatable bonds is 3. The van der Waals surface area contributed by atoms with Crippen LogP contribution in [0.5, 0.6) is 5.75 Å². The SMILES string of the molecule is COc1ccc2[nH]cc(CC(=O)N3CC[C@H]4[C@@H](C3)NC(=O)N4C)c2c1. The molecule has 2 saturated heterocycles. The summed E-state index contributed by atoms with van der Waals surface area (Å²) in [7, 11) is 3.45. The van der Waals surface area contributed by atoms with Gasteiger partial charge in [0, 0.05) is 37.2 Å². The minimum Gasteiger partial charge on any atom is -0.497 e. The van der Waals surface area contributed by atoms with Crippen molar-refractivity contribution < 1.29 is 14.3 Å². The summed E-state index contributed by atoms with van der Waals surface area (Å²) in [6, 6.07) is 5.97. The molecule has 4 rings (SSSR count). The Kier molecular flexibility index (Phi) is 3.78. The summed E-state index contributed by atoms with van der Waals surface area (Å²) in [6.07, 6.45) is 3.04. The van der Waals surface area contributed by atoms with Crippen molar-refractivity contribution in [3.05, 3.63) is 30.0 Å². The van der Waals surface area contributed by atoms with Crippen LogP contribution in [-0.4, -0.2) is 66.1 Å². The van der Waals surface area contributed by atoms with E-state index in [1.165, 1.54) is 0 Å². The third-order valence-corrected chi connectivity index (χ3v) is 5.37. The fraction of sp³-hybridized carbons (Fsp3) is 0.444. The number of aromatic amines is 1. The quantitative estimate of drug-likeness (QED) is 0.884. The molecule has 0 bridgehead atoms. The van der Waals surface area contributed by atoms with Crippen LogP contribution in [-0.2, 0) is 11.2 Å². The van der Waals surface area contributed by atoms with Gasteiger partial charge in [-0.05, 0) is 30.2 Å². The van der Waals surface area contributed by atoms with Crippen LogP contribution in [0.15, 0.2) is 24.4 Å². The lowest BCUT2D eigenvalue weighted by atomic mass is 9.99. The van der Waals surface area contributed by atoms with Gasteiger partial charge in [0.15, 0.2) is 0 Å². The van der Waals surface area contributed by atoms with E-state index in [1.54, 1.807) is 12.0 Å². The molecule has 25 heavy (non-hydrogen) atoms. The molecular weight excluding hydrogens is 320 g/mol. The largest absolute Gasteiger partial charge is 0.497 e. The summed E-state index contributed by atoms with van der Waals surface area (Å²) >= 11 is 0. The van der Waals surface area contributed by atoms with Gasteiger partial charge in [-0.1, -0.05) is 0 Å². The number of nitrogens with zero attached hydrogens (tertiary/aromatic N) is 2. The number of aromatic nitrogens is 1. The van der Waals surface area contributed by atoms with Gasteiger partial charge in [0.25, 0.3) is 0 Å². The van der Waals surface area contributed by atoms with E-state index in [1.807, 2.05) is 36.3 Å². The Bertz CT molecular complexity index is 831. The minimum absolute atomic E-state index is 0.0262. The molecule has 0 radical (unpaired) electrons. The van der Waals surface area contributed by atoms with E-state index in [0.29, 0.717) is 19.5 Å². The van der Waals surface area contributed by atoms with Gasteiger partial charge in [0.2, 0.25) is 5.91 Å². The molecule has 0 unspecified atom stereocenters. The molecule has 7 heteroatoms. The van der Waals surface area contributed by atoms with Crippen LogP contribution in [0.1, 0.15) is 12.0 Å². The number of carbonyl (C=O) groups is 2. The third kappa shape index (κ3) is 2.69. The molecule has 2 aliphatic rings. The predicted molar refractivity (Wildman–Crippen MR) is 93.6 cm³/mol. The lowest BCUT2D eigenvalue weighted by molar-refractivity contribution is -0.132. The Balaban J connectivity index is 1.48. The Morgan fingerprint density at radius 3 is 3.04 bits per heavy atom. The zero-order chi connectivity index (χ0) is 17.6. The van der Waals surface area contributed by atoms with Crippen LogP contribution < -0.4 is 10.1 Å². The standard InChI is InChI=1S/C18H22N4O3/c1-21-16-5-6-22(10-15(16)20-18(21)24)17(23)7-11-9-19-14-4-3-12(25-2)8-13(11)14/h3-4,8-9,15-16,19H,5-7,10H2,1-2H3,(H,20,24)/t15-,16+/m1/s1. The molecule has 1 aromatic heterocycles. The lowest BCUT2D eigenvalue weighted by Crippen LogP contribution is -2.52. The van der Waals surface area contributed by atoms with E-state index in [4.69, 9.17) is 4.74 Å². The number of hydrogen-bond acceptors (Lipinski definition) is 3. The van der Waals surface area contributed by atoms with Crippen LogP contribution in [0.25, 0.3) is 10.9 Å². The first kappa shape index (κ1) is 15.8. The van der Waals surface area contributed by atoms with E-state index >= 15 is 0 Å². The van der Waals surface area contributed by atoms with Crippen molar-refractivity contribution in [2.24, 2.45) is 0 Å². The molecule has 3 heterocycles. The first-order chi connectivity index (χ1) is 12.1. The molecule has 1 aromatic carbocycles. The number of methoxy groups -OCH3 is 1. The van der Waals surface area contributed by atoms with Crippen LogP contribution in [0.4, 0.5) is 4.79 Å². The fourth-order valence-corrected chi connectivity index (χ4v) is 3.89. The van der Waals surface area contributed by atoms with Gasteiger partial charge in [-0.15, -0.1) is 0 Å². The Morgan fingerprint density at radius 2 is 2.24 bits per heavy atom. The van der Waals surface area contributed by atoms with Crippen molar-refractivity contribution >= 4 is 22.8 Å². The number of likely N-dealkylation sites (N-methyl/N-ethyl adjacent to an activating group) is 1. The number of fused-ring (bicyclic) bond motifs is 2. The topological polar surface area (TPSA) is 77.7 Å². The number of likely N-dealkylation sites (tertiary alicyclic amines) is 1. The fourth-order valence-electron chi connectivity index (χ4n) is 3.89. The molecule has 2 atom stereocenters. The number of hydrogen-bond donors (Lipinski definition) is 2. The van der Waals surface area contributed by atoms with Gasteiger partial charge in [0.1, 0.15) is 5.75 Å². The van der Waals surface area contributed by atoms with Crippen LogP contribution >= 0.6 is 0 Å². The van der Waals surface area contributed by atoms with Gasteiger partial charge in [-0.25, -0.2) is 4.79 Å². The summed E-state index contributed by atoms with van der Waals surface area (Å²) in [6.45, 7) is 1.26. The highest BCUT2D eigenvalue weighted by Crippen LogP contribution is 2.26. The zero-order valence-corrected chi connectivity index (χ0v) is 14.4.